The minimum atomic E-state index is -1.13. The Labute approximate surface area is 143 Å². The van der Waals surface area contributed by atoms with Crippen molar-refractivity contribution in [3.63, 3.8) is 0 Å². The van der Waals surface area contributed by atoms with E-state index in [9.17, 15) is 15.0 Å². The molecule has 2 bridgehead atoms. The third kappa shape index (κ3) is 5.73. The van der Waals surface area contributed by atoms with Crippen LogP contribution in [0.1, 0.15) is 19.3 Å². The summed E-state index contributed by atoms with van der Waals surface area (Å²) in [7, 11) is 3.96. The van der Waals surface area contributed by atoms with Crippen molar-refractivity contribution < 1.29 is 29.2 Å². The number of hydrogen-bond donors (Lipinski definition) is 3. The third-order valence-electron chi connectivity index (χ3n) is 4.29. The summed E-state index contributed by atoms with van der Waals surface area (Å²) in [6, 6.07) is 0. The van der Waals surface area contributed by atoms with Gasteiger partial charge in [-0.15, -0.1) is 0 Å². The van der Waals surface area contributed by atoms with E-state index in [0.717, 1.165) is 13.1 Å². The first kappa shape index (κ1) is 19.7. The van der Waals surface area contributed by atoms with Crippen LogP contribution in [-0.2, 0) is 19.0 Å². The van der Waals surface area contributed by atoms with E-state index in [-0.39, 0.29) is 5.78 Å². The number of aliphatic hydroxyl groups is 2. The van der Waals surface area contributed by atoms with Crippen LogP contribution in [0.25, 0.3) is 0 Å². The van der Waals surface area contributed by atoms with Crippen LogP contribution in [0.3, 0.4) is 0 Å². The first-order chi connectivity index (χ1) is 11.5. The summed E-state index contributed by atoms with van der Waals surface area (Å²) in [5.41, 5.74) is 0. The van der Waals surface area contributed by atoms with Crippen LogP contribution in [0.2, 0.25) is 0 Å². The molecule has 3 saturated heterocycles. The summed E-state index contributed by atoms with van der Waals surface area (Å²) in [6.07, 6.45) is -2.72. The number of nitrogens with one attached hydrogen (secondary N) is 1. The van der Waals surface area contributed by atoms with E-state index in [1.807, 2.05) is 19.0 Å². The van der Waals surface area contributed by atoms with Crippen molar-refractivity contribution in [3.05, 3.63) is 0 Å². The van der Waals surface area contributed by atoms with Crippen molar-refractivity contribution in [2.24, 2.45) is 0 Å². The normalized spacial score (nSPS) is 34.0. The Kier molecular flexibility index (Phi) is 8.02. The van der Waals surface area contributed by atoms with Gasteiger partial charge in [0.2, 0.25) is 0 Å². The smallest absolute Gasteiger partial charge is 0.186 e. The van der Waals surface area contributed by atoms with Crippen LogP contribution in [-0.4, -0.2) is 98.5 Å². The number of carbonyl (C=O) groups excluding carboxylic acids is 1. The molecule has 0 aromatic carbocycles. The maximum Gasteiger partial charge on any atom is 0.186 e. The highest BCUT2D eigenvalue weighted by molar-refractivity contribution is 5.80. The van der Waals surface area contributed by atoms with Gasteiger partial charge in [0.1, 0.15) is 24.1 Å². The molecular weight excluding hydrogens is 316 g/mol. The number of fused-ring (bicyclic) bond motifs is 6. The lowest BCUT2D eigenvalue weighted by molar-refractivity contribution is -0.295. The predicted octanol–water partition coefficient (Wildman–Crippen LogP) is -1.26. The molecular formula is C16H30N2O6. The maximum absolute atomic E-state index is 12.0. The highest BCUT2D eigenvalue weighted by atomic mass is 16.7. The van der Waals surface area contributed by atoms with Crippen LogP contribution in [0, 0.1) is 0 Å². The van der Waals surface area contributed by atoms with Gasteiger partial charge in [-0.1, -0.05) is 0 Å². The molecule has 24 heavy (non-hydrogen) atoms. The number of nitrogens with zero attached hydrogens (tertiary/aromatic N) is 1. The van der Waals surface area contributed by atoms with Crippen LogP contribution < -0.4 is 5.32 Å². The fourth-order valence-corrected chi connectivity index (χ4v) is 2.88. The van der Waals surface area contributed by atoms with E-state index in [2.05, 4.69) is 5.32 Å². The van der Waals surface area contributed by atoms with Crippen LogP contribution in [0.4, 0.5) is 0 Å². The van der Waals surface area contributed by atoms with E-state index in [0.29, 0.717) is 39.0 Å². The molecule has 8 heteroatoms. The lowest BCUT2D eigenvalue weighted by atomic mass is 9.95. The van der Waals surface area contributed by atoms with Crippen LogP contribution >= 0.6 is 0 Å². The second kappa shape index (κ2) is 9.76. The van der Waals surface area contributed by atoms with Gasteiger partial charge in [0.15, 0.2) is 6.29 Å². The Morgan fingerprint density at radius 2 is 1.96 bits per heavy atom. The lowest BCUT2D eigenvalue weighted by Crippen LogP contribution is -2.58. The molecule has 0 radical (unpaired) electrons. The molecule has 8 nitrogen and oxygen atoms in total. The van der Waals surface area contributed by atoms with Crippen molar-refractivity contribution in [2.45, 2.75) is 50.0 Å². The highest BCUT2D eigenvalue weighted by Crippen LogP contribution is 2.28. The van der Waals surface area contributed by atoms with E-state index in [1.54, 1.807) is 0 Å². The molecule has 3 aliphatic rings. The summed E-state index contributed by atoms with van der Waals surface area (Å²) in [5, 5.41) is 23.4. The molecule has 0 aromatic rings. The summed E-state index contributed by atoms with van der Waals surface area (Å²) in [5.74, 6) is 0.0871. The topological polar surface area (TPSA) is 100 Å². The monoisotopic (exact) mass is 346 g/mol. The molecule has 3 rings (SSSR count). The maximum atomic E-state index is 12.0. The molecule has 3 aliphatic heterocycles. The molecule has 0 aliphatic carbocycles. The van der Waals surface area contributed by atoms with Crippen LogP contribution in [0.5, 0.6) is 0 Å². The molecule has 5 unspecified atom stereocenters. The predicted molar refractivity (Wildman–Crippen MR) is 86.6 cm³/mol. The Balaban J connectivity index is 1.79. The number of Topliss-reactive ketones (excluding diaryl/α,β-unsaturated/α-hetero) is 1. The molecule has 0 saturated carbocycles. The molecule has 3 heterocycles. The number of hydrogen-bond acceptors (Lipinski definition) is 8. The van der Waals surface area contributed by atoms with E-state index in [4.69, 9.17) is 14.2 Å². The Morgan fingerprint density at radius 1 is 1.21 bits per heavy atom. The van der Waals surface area contributed by atoms with Crippen molar-refractivity contribution in [2.75, 3.05) is 46.9 Å². The summed E-state index contributed by atoms with van der Waals surface area (Å²) >= 11 is 0. The quantitative estimate of drug-likeness (QED) is 0.468. The minimum absolute atomic E-state index is 0.0871. The molecule has 3 fully saturated rings. The van der Waals surface area contributed by atoms with Gasteiger partial charge < -0.3 is 34.6 Å². The lowest BCUT2D eigenvalue weighted by Gasteiger charge is -2.41. The molecule has 3 N–H and O–H groups in total. The molecule has 140 valence electrons. The number of ketones is 1. The first-order valence-corrected chi connectivity index (χ1v) is 8.61. The number of ether oxygens (including phenoxy) is 3. The Hall–Kier alpha value is -0.610. The minimum Gasteiger partial charge on any atom is -0.387 e. The molecule has 0 amide bonds. The van der Waals surface area contributed by atoms with Crippen molar-refractivity contribution in [1.82, 2.24) is 10.2 Å². The zero-order valence-electron chi connectivity index (χ0n) is 14.5. The average molecular weight is 346 g/mol. The standard InChI is InChI=1S/C16H30N2O6/c1-18(2)7-6-17-10-11(19)4-5-12-15-13(20)14(21)16(24-12)23-9-3-8-22-15/h12-17,20-21H,3-10H2,1-2H3. The number of aliphatic hydroxyl groups excluding tert-OH is 2. The van der Waals surface area contributed by atoms with Gasteiger partial charge in [0, 0.05) is 26.1 Å². The number of rotatable bonds is 8. The van der Waals surface area contributed by atoms with Crippen LogP contribution in [0.15, 0.2) is 0 Å². The van der Waals surface area contributed by atoms with Gasteiger partial charge in [0.25, 0.3) is 0 Å². The van der Waals surface area contributed by atoms with Gasteiger partial charge in [-0.3, -0.25) is 4.79 Å². The first-order valence-electron chi connectivity index (χ1n) is 8.61. The largest absolute Gasteiger partial charge is 0.387 e. The van der Waals surface area contributed by atoms with Gasteiger partial charge in [0.05, 0.1) is 19.3 Å². The van der Waals surface area contributed by atoms with Crippen molar-refractivity contribution in [1.29, 1.82) is 0 Å². The van der Waals surface area contributed by atoms with E-state index < -0.39 is 30.7 Å². The van der Waals surface area contributed by atoms with E-state index >= 15 is 0 Å². The fourth-order valence-electron chi connectivity index (χ4n) is 2.88. The second-order valence-corrected chi connectivity index (χ2v) is 6.64. The summed E-state index contributed by atoms with van der Waals surface area (Å²) < 4.78 is 16.8. The summed E-state index contributed by atoms with van der Waals surface area (Å²) in [6.45, 7) is 2.78. The highest BCUT2D eigenvalue weighted by Gasteiger charge is 2.46. The zero-order chi connectivity index (χ0) is 17.5. The fraction of sp³-hybridized carbons (Fsp3) is 0.938. The molecule has 0 aromatic heterocycles. The second-order valence-electron chi connectivity index (χ2n) is 6.64. The van der Waals surface area contributed by atoms with Gasteiger partial charge in [-0.05, 0) is 26.9 Å². The van der Waals surface area contributed by atoms with Crippen molar-refractivity contribution in [3.8, 4) is 0 Å². The Morgan fingerprint density at radius 3 is 2.71 bits per heavy atom. The third-order valence-corrected chi connectivity index (χ3v) is 4.29. The molecule has 0 spiro atoms. The number of carbonyl (C=O) groups is 1. The van der Waals surface area contributed by atoms with Gasteiger partial charge in [-0.25, -0.2) is 0 Å². The SMILES string of the molecule is CN(C)CCNCC(=O)CCC1OC2OCCCOC1C(O)C2O. The van der Waals surface area contributed by atoms with Gasteiger partial charge in [-0.2, -0.15) is 0 Å². The zero-order valence-corrected chi connectivity index (χ0v) is 14.5. The van der Waals surface area contributed by atoms with Gasteiger partial charge >= 0.3 is 0 Å². The summed E-state index contributed by atoms with van der Waals surface area (Å²) in [4.78, 5) is 14.0. The van der Waals surface area contributed by atoms with Crippen molar-refractivity contribution >= 4 is 5.78 Å². The van der Waals surface area contributed by atoms with E-state index in [1.165, 1.54) is 0 Å². The average Bonchev–Trinajstić information content (AvgIpc) is 2.68. The molecule has 5 atom stereocenters. The Bertz CT molecular complexity index is 393. The number of likely N-dealkylation sites (N-methyl/N-ethyl adjacent to an activating group) is 1.